The van der Waals surface area contributed by atoms with E-state index in [-0.39, 0.29) is 24.4 Å². The molecule has 3 atom stereocenters. The number of nitrogens with two attached hydrogens (primary N) is 1. The van der Waals surface area contributed by atoms with Crippen LogP contribution < -0.4 is 5.73 Å². The SMILES string of the molecule is CC(C)c1ccc(C2CC2C(=O)N2CCC(C(C)N)CC2)cc1.Cl. The molecule has 1 aliphatic heterocycles. The molecular weight excluding hydrogens is 320 g/mol. The molecule has 24 heavy (non-hydrogen) atoms. The number of benzene rings is 1. The van der Waals surface area contributed by atoms with Gasteiger partial charge in [0.15, 0.2) is 0 Å². The molecule has 1 aromatic rings. The van der Waals surface area contributed by atoms with E-state index in [1.807, 2.05) is 0 Å². The van der Waals surface area contributed by atoms with Gasteiger partial charge in [0.2, 0.25) is 5.91 Å². The Kier molecular flexibility index (Phi) is 6.33. The van der Waals surface area contributed by atoms with Gasteiger partial charge in [-0.25, -0.2) is 0 Å². The van der Waals surface area contributed by atoms with Crippen molar-refractivity contribution in [2.24, 2.45) is 17.6 Å². The quantitative estimate of drug-likeness (QED) is 0.894. The molecule has 2 aliphatic rings. The molecule has 4 heteroatoms. The minimum Gasteiger partial charge on any atom is -0.342 e. The fraction of sp³-hybridized carbons (Fsp3) is 0.650. The van der Waals surface area contributed by atoms with E-state index >= 15 is 0 Å². The maximum atomic E-state index is 12.7. The van der Waals surface area contributed by atoms with Gasteiger partial charge in [0, 0.05) is 25.0 Å². The van der Waals surface area contributed by atoms with Gasteiger partial charge >= 0.3 is 0 Å². The lowest BCUT2D eigenvalue weighted by atomic mass is 9.90. The average molecular weight is 351 g/mol. The number of hydrogen-bond donors (Lipinski definition) is 1. The number of halogens is 1. The largest absolute Gasteiger partial charge is 0.342 e. The first-order chi connectivity index (χ1) is 11.0. The summed E-state index contributed by atoms with van der Waals surface area (Å²) in [7, 11) is 0. The van der Waals surface area contributed by atoms with Crippen molar-refractivity contribution >= 4 is 18.3 Å². The molecule has 0 radical (unpaired) electrons. The van der Waals surface area contributed by atoms with Gasteiger partial charge in [-0.3, -0.25) is 4.79 Å². The average Bonchev–Trinajstić information content (AvgIpc) is 3.35. The summed E-state index contributed by atoms with van der Waals surface area (Å²) in [6.45, 7) is 8.29. The van der Waals surface area contributed by atoms with E-state index in [2.05, 4.69) is 49.9 Å². The minimum atomic E-state index is 0. The van der Waals surface area contributed by atoms with Crippen LogP contribution in [0.5, 0.6) is 0 Å². The van der Waals surface area contributed by atoms with Gasteiger partial charge in [0.05, 0.1) is 0 Å². The van der Waals surface area contributed by atoms with Crippen molar-refractivity contribution < 1.29 is 4.79 Å². The molecule has 2 fully saturated rings. The lowest BCUT2D eigenvalue weighted by Crippen LogP contribution is -2.43. The number of likely N-dealkylation sites (tertiary alicyclic amines) is 1. The van der Waals surface area contributed by atoms with Gasteiger partial charge in [-0.15, -0.1) is 12.4 Å². The smallest absolute Gasteiger partial charge is 0.226 e. The zero-order chi connectivity index (χ0) is 16.6. The Morgan fingerprint density at radius 2 is 1.71 bits per heavy atom. The number of amides is 1. The second-order valence-electron chi connectivity index (χ2n) is 7.79. The van der Waals surface area contributed by atoms with Crippen LogP contribution in [0.25, 0.3) is 0 Å². The predicted octanol–water partition coefficient (Wildman–Crippen LogP) is 3.92. The van der Waals surface area contributed by atoms with Crippen LogP contribution in [0, 0.1) is 11.8 Å². The van der Waals surface area contributed by atoms with Crippen molar-refractivity contribution in [1.82, 2.24) is 4.90 Å². The van der Waals surface area contributed by atoms with Crippen molar-refractivity contribution in [3.05, 3.63) is 35.4 Å². The zero-order valence-corrected chi connectivity index (χ0v) is 15.9. The first kappa shape index (κ1) is 19.3. The summed E-state index contributed by atoms with van der Waals surface area (Å²) >= 11 is 0. The third kappa shape index (κ3) is 4.12. The van der Waals surface area contributed by atoms with Crippen LogP contribution in [0.2, 0.25) is 0 Å². The van der Waals surface area contributed by atoms with Crippen molar-refractivity contribution in [2.45, 2.75) is 57.9 Å². The molecule has 3 nitrogen and oxygen atoms in total. The number of piperidine rings is 1. The summed E-state index contributed by atoms with van der Waals surface area (Å²) in [5.41, 5.74) is 8.69. The minimum absolute atomic E-state index is 0. The van der Waals surface area contributed by atoms with Gasteiger partial charge in [0.25, 0.3) is 0 Å². The van der Waals surface area contributed by atoms with Gasteiger partial charge in [-0.1, -0.05) is 38.1 Å². The standard InChI is InChI=1S/C20H30N2O.ClH/c1-13(2)15-4-6-17(7-5-15)18-12-19(18)20(23)22-10-8-16(9-11-22)14(3)21;/h4-7,13-14,16,18-19H,8-12,21H2,1-3H3;1H. The molecule has 3 rings (SSSR count). The van der Waals surface area contributed by atoms with Crippen molar-refractivity contribution in [3.63, 3.8) is 0 Å². The summed E-state index contributed by atoms with van der Waals surface area (Å²) < 4.78 is 0. The number of rotatable bonds is 4. The monoisotopic (exact) mass is 350 g/mol. The van der Waals surface area contributed by atoms with Crippen LogP contribution in [0.3, 0.4) is 0 Å². The molecule has 0 bridgehead atoms. The first-order valence-electron chi connectivity index (χ1n) is 9.11. The number of carbonyl (C=O) groups excluding carboxylic acids is 1. The number of hydrogen-bond acceptors (Lipinski definition) is 2. The van der Waals surface area contributed by atoms with Gasteiger partial charge in [-0.05, 0) is 55.1 Å². The normalized spacial score (nSPS) is 25.3. The maximum absolute atomic E-state index is 12.7. The molecule has 1 aliphatic carbocycles. The lowest BCUT2D eigenvalue weighted by molar-refractivity contribution is -0.134. The molecule has 1 amide bonds. The second kappa shape index (κ2) is 7.88. The van der Waals surface area contributed by atoms with Gasteiger partial charge in [-0.2, -0.15) is 0 Å². The van der Waals surface area contributed by atoms with E-state index in [1.165, 1.54) is 11.1 Å². The summed E-state index contributed by atoms with van der Waals surface area (Å²) in [5.74, 6) is 2.16. The zero-order valence-electron chi connectivity index (χ0n) is 15.1. The number of carbonyl (C=O) groups is 1. The number of nitrogens with zero attached hydrogens (tertiary/aromatic N) is 1. The summed E-state index contributed by atoms with van der Waals surface area (Å²) in [6, 6.07) is 9.12. The Labute approximate surface area is 152 Å². The molecule has 134 valence electrons. The second-order valence-corrected chi connectivity index (χ2v) is 7.79. The lowest BCUT2D eigenvalue weighted by Gasteiger charge is -2.34. The topological polar surface area (TPSA) is 46.3 Å². The Balaban J connectivity index is 0.00000208. The molecule has 1 heterocycles. The highest BCUT2D eigenvalue weighted by Crippen LogP contribution is 2.49. The molecule has 1 aromatic carbocycles. The van der Waals surface area contributed by atoms with Crippen molar-refractivity contribution in [3.8, 4) is 0 Å². The highest BCUT2D eigenvalue weighted by molar-refractivity contribution is 5.85. The van der Waals surface area contributed by atoms with E-state index in [0.717, 1.165) is 32.4 Å². The summed E-state index contributed by atoms with van der Waals surface area (Å²) in [5, 5.41) is 0. The highest BCUT2D eigenvalue weighted by Gasteiger charge is 2.46. The van der Waals surface area contributed by atoms with Crippen molar-refractivity contribution in [1.29, 1.82) is 0 Å². The van der Waals surface area contributed by atoms with E-state index in [4.69, 9.17) is 5.73 Å². The van der Waals surface area contributed by atoms with E-state index < -0.39 is 0 Å². The molecule has 0 aromatic heterocycles. The van der Waals surface area contributed by atoms with Crippen LogP contribution in [0.4, 0.5) is 0 Å². The molecule has 1 saturated carbocycles. The van der Waals surface area contributed by atoms with E-state index in [0.29, 0.717) is 23.7 Å². The van der Waals surface area contributed by atoms with Crippen LogP contribution in [0.1, 0.15) is 63.0 Å². The Morgan fingerprint density at radius 3 is 2.21 bits per heavy atom. The fourth-order valence-corrected chi connectivity index (χ4v) is 3.84. The summed E-state index contributed by atoms with van der Waals surface area (Å²) in [4.78, 5) is 14.8. The molecule has 3 unspecified atom stereocenters. The maximum Gasteiger partial charge on any atom is 0.226 e. The van der Waals surface area contributed by atoms with Gasteiger partial charge < -0.3 is 10.6 Å². The van der Waals surface area contributed by atoms with Crippen LogP contribution in [-0.2, 0) is 4.79 Å². The first-order valence-corrected chi connectivity index (χ1v) is 9.11. The van der Waals surface area contributed by atoms with Crippen LogP contribution >= 0.6 is 12.4 Å². The molecule has 0 spiro atoms. The van der Waals surface area contributed by atoms with E-state index in [1.54, 1.807) is 0 Å². The van der Waals surface area contributed by atoms with Crippen molar-refractivity contribution in [2.75, 3.05) is 13.1 Å². The predicted molar refractivity (Wildman–Crippen MR) is 102 cm³/mol. The Hall–Kier alpha value is -1.06. The van der Waals surface area contributed by atoms with E-state index in [9.17, 15) is 4.79 Å². The van der Waals surface area contributed by atoms with Crippen LogP contribution in [-0.4, -0.2) is 29.9 Å². The molecule has 1 saturated heterocycles. The summed E-state index contributed by atoms with van der Waals surface area (Å²) in [6.07, 6.45) is 3.14. The van der Waals surface area contributed by atoms with Crippen LogP contribution in [0.15, 0.2) is 24.3 Å². The Bertz CT molecular complexity index is 547. The fourth-order valence-electron chi connectivity index (χ4n) is 3.84. The third-order valence-corrected chi connectivity index (χ3v) is 5.73. The molecule has 2 N–H and O–H groups in total. The Morgan fingerprint density at radius 1 is 1.12 bits per heavy atom. The highest BCUT2D eigenvalue weighted by atomic mass is 35.5. The van der Waals surface area contributed by atoms with Gasteiger partial charge in [0.1, 0.15) is 0 Å². The third-order valence-electron chi connectivity index (χ3n) is 5.73. The molecular formula is C20H31ClN2O.